The average molecular weight is 373 g/mol. The van der Waals surface area contributed by atoms with Gasteiger partial charge in [0.1, 0.15) is 5.54 Å². The Hall–Kier alpha value is -2.20. The van der Waals surface area contributed by atoms with E-state index < -0.39 is 11.5 Å². The Bertz CT molecular complexity index is 846. The molecular formula is C21H25ClN2O2. The summed E-state index contributed by atoms with van der Waals surface area (Å²) in [6, 6.07) is 14.0. The number of carbonyl (C=O) groups is 1. The standard InChI is InChI=1S/C21H25ClN2O2/c1-20(2)12-14-10-15(22)8-9-17(14)23-18(20)13-6-5-7-16(11-13)24-21(3,4)19(25)26/h5-11,18,23-24H,12H2,1-4H3,(H,25,26). The fraction of sp³-hybridized carbons (Fsp3) is 0.381. The highest BCUT2D eigenvalue weighted by Gasteiger charge is 2.36. The van der Waals surface area contributed by atoms with E-state index in [-0.39, 0.29) is 11.5 Å². The molecule has 1 atom stereocenters. The van der Waals surface area contributed by atoms with Gasteiger partial charge in [0.2, 0.25) is 0 Å². The summed E-state index contributed by atoms with van der Waals surface area (Å²) in [6.45, 7) is 7.78. The van der Waals surface area contributed by atoms with E-state index in [9.17, 15) is 9.90 Å². The second-order valence-corrected chi connectivity index (χ2v) is 8.66. The normalized spacial score (nSPS) is 18.6. The zero-order valence-electron chi connectivity index (χ0n) is 15.6. The smallest absolute Gasteiger partial charge is 0.328 e. The van der Waals surface area contributed by atoms with Crippen molar-refractivity contribution in [2.24, 2.45) is 5.41 Å². The number of aliphatic carboxylic acids is 1. The molecule has 0 saturated heterocycles. The molecule has 1 aliphatic rings. The molecule has 0 radical (unpaired) electrons. The molecule has 0 fully saturated rings. The summed E-state index contributed by atoms with van der Waals surface area (Å²) < 4.78 is 0. The summed E-state index contributed by atoms with van der Waals surface area (Å²) in [7, 11) is 0. The maximum Gasteiger partial charge on any atom is 0.328 e. The topological polar surface area (TPSA) is 61.4 Å². The predicted molar refractivity (Wildman–Crippen MR) is 107 cm³/mol. The molecule has 2 aromatic carbocycles. The van der Waals surface area contributed by atoms with Crippen LogP contribution in [0.3, 0.4) is 0 Å². The van der Waals surface area contributed by atoms with Gasteiger partial charge in [-0.2, -0.15) is 0 Å². The second-order valence-electron chi connectivity index (χ2n) is 8.22. The maximum atomic E-state index is 11.4. The van der Waals surface area contributed by atoms with E-state index in [1.807, 2.05) is 36.4 Å². The molecule has 4 nitrogen and oxygen atoms in total. The van der Waals surface area contributed by atoms with Gasteiger partial charge in [-0.15, -0.1) is 0 Å². The lowest BCUT2D eigenvalue weighted by atomic mass is 9.73. The van der Waals surface area contributed by atoms with Gasteiger partial charge in [-0.3, -0.25) is 0 Å². The van der Waals surface area contributed by atoms with Crippen LogP contribution in [0, 0.1) is 5.41 Å². The van der Waals surface area contributed by atoms with Crippen molar-refractivity contribution in [2.45, 2.75) is 45.7 Å². The molecule has 0 aromatic heterocycles. The Morgan fingerprint density at radius 2 is 2.00 bits per heavy atom. The number of carboxylic acid groups (broad SMARTS) is 1. The number of rotatable bonds is 4. The van der Waals surface area contributed by atoms with E-state index in [2.05, 4.69) is 30.5 Å². The highest BCUT2D eigenvalue weighted by Crippen LogP contribution is 2.45. The van der Waals surface area contributed by atoms with E-state index in [1.54, 1.807) is 13.8 Å². The number of benzene rings is 2. The van der Waals surface area contributed by atoms with E-state index in [1.165, 1.54) is 5.56 Å². The first-order chi connectivity index (χ1) is 12.1. The quantitative estimate of drug-likeness (QED) is 0.676. The van der Waals surface area contributed by atoms with Gasteiger partial charge in [0.05, 0.1) is 6.04 Å². The van der Waals surface area contributed by atoms with Gasteiger partial charge in [-0.25, -0.2) is 4.79 Å². The minimum atomic E-state index is -1.03. The molecule has 138 valence electrons. The fourth-order valence-corrected chi connectivity index (χ4v) is 3.73. The van der Waals surface area contributed by atoms with Crippen molar-refractivity contribution < 1.29 is 9.90 Å². The summed E-state index contributed by atoms with van der Waals surface area (Å²) in [5, 5.41) is 16.8. The lowest BCUT2D eigenvalue weighted by Crippen LogP contribution is -2.40. The van der Waals surface area contributed by atoms with Crippen LogP contribution < -0.4 is 10.6 Å². The molecule has 1 unspecified atom stereocenters. The average Bonchev–Trinajstić information content (AvgIpc) is 2.53. The minimum Gasteiger partial charge on any atom is -0.480 e. The zero-order valence-corrected chi connectivity index (χ0v) is 16.3. The molecule has 0 amide bonds. The highest BCUT2D eigenvalue weighted by molar-refractivity contribution is 6.30. The Morgan fingerprint density at radius 1 is 1.27 bits per heavy atom. The molecule has 1 aliphatic heterocycles. The Balaban J connectivity index is 1.92. The minimum absolute atomic E-state index is 0.0153. The number of fused-ring (bicyclic) bond motifs is 1. The van der Waals surface area contributed by atoms with Crippen molar-refractivity contribution in [2.75, 3.05) is 10.6 Å². The van der Waals surface area contributed by atoms with Gasteiger partial charge < -0.3 is 15.7 Å². The van der Waals surface area contributed by atoms with Crippen LogP contribution in [-0.2, 0) is 11.2 Å². The van der Waals surface area contributed by atoms with E-state index in [0.29, 0.717) is 0 Å². The number of halogens is 1. The molecular weight excluding hydrogens is 348 g/mol. The van der Waals surface area contributed by atoms with Gasteiger partial charge in [0, 0.05) is 16.4 Å². The first-order valence-electron chi connectivity index (χ1n) is 8.75. The van der Waals surface area contributed by atoms with E-state index >= 15 is 0 Å². The molecule has 0 saturated carbocycles. The highest BCUT2D eigenvalue weighted by atomic mass is 35.5. The SMILES string of the molecule is CC(C)(Nc1cccc(C2Nc3ccc(Cl)cc3CC2(C)C)c1)C(=O)O. The summed E-state index contributed by atoms with van der Waals surface area (Å²) in [5.74, 6) is -0.884. The lowest BCUT2D eigenvalue weighted by molar-refractivity contribution is -0.141. The van der Waals surface area contributed by atoms with Crippen molar-refractivity contribution >= 4 is 28.9 Å². The van der Waals surface area contributed by atoms with Gasteiger partial charge >= 0.3 is 5.97 Å². The zero-order chi connectivity index (χ0) is 19.1. The van der Waals surface area contributed by atoms with Crippen molar-refractivity contribution in [1.82, 2.24) is 0 Å². The number of hydrogen-bond acceptors (Lipinski definition) is 3. The molecule has 1 heterocycles. The van der Waals surface area contributed by atoms with Crippen LogP contribution in [0.25, 0.3) is 0 Å². The third kappa shape index (κ3) is 3.65. The molecule has 5 heteroatoms. The number of nitrogens with one attached hydrogen (secondary N) is 2. The summed E-state index contributed by atoms with van der Waals surface area (Å²) in [6.07, 6.45) is 0.916. The van der Waals surface area contributed by atoms with Gasteiger partial charge in [-0.05, 0) is 67.1 Å². The van der Waals surface area contributed by atoms with Crippen molar-refractivity contribution in [3.8, 4) is 0 Å². The van der Waals surface area contributed by atoms with Crippen LogP contribution in [0.5, 0.6) is 0 Å². The number of anilines is 2. The van der Waals surface area contributed by atoms with Gasteiger partial charge in [-0.1, -0.05) is 37.6 Å². The lowest BCUT2D eigenvalue weighted by Gasteiger charge is -2.41. The maximum absolute atomic E-state index is 11.4. The van der Waals surface area contributed by atoms with Crippen LogP contribution in [0.1, 0.15) is 44.9 Å². The molecule has 0 aliphatic carbocycles. The number of hydrogen-bond donors (Lipinski definition) is 3. The van der Waals surface area contributed by atoms with Crippen LogP contribution >= 0.6 is 11.6 Å². The van der Waals surface area contributed by atoms with Gasteiger partial charge in [0.25, 0.3) is 0 Å². The second kappa shape index (κ2) is 6.51. The first kappa shape index (κ1) is 18.6. The van der Waals surface area contributed by atoms with E-state index in [4.69, 9.17) is 11.6 Å². The molecule has 0 bridgehead atoms. The van der Waals surface area contributed by atoms with Crippen LogP contribution in [0.15, 0.2) is 42.5 Å². The number of carboxylic acids is 1. The first-order valence-corrected chi connectivity index (χ1v) is 9.13. The monoisotopic (exact) mass is 372 g/mol. The Kier molecular flexibility index (Phi) is 4.65. The van der Waals surface area contributed by atoms with E-state index in [0.717, 1.165) is 28.4 Å². The largest absolute Gasteiger partial charge is 0.480 e. The van der Waals surface area contributed by atoms with Crippen LogP contribution in [0.4, 0.5) is 11.4 Å². The van der Waals surface area contributed by atoms with Crippen molar-refractivity contribution in [3.05, 3.63) is 58.6 Å². The third-order valence-corrected chi connectivity index (χ3v) is 5.24. The summed E-state index contributed by atoms with van der Waals surface area (Å²) >= 11 is 6.15. The van der Waals surface area contributed by atoms with Crippen LogP contribution in [-0.4, -0.2) is 16.6 Å². The Morgan fingerprint density at radius 3 is 2.69 bits per heavy atom. The van der Waals surface area contributed by atoms with Crippen LogP contribution in [0.2, 0.25) is 5.02 Å². The van der Waals surface area contributed by atoms with Crippen molar-refractivity contribution in [3.63, 3.8) is 0 Å². The fourth-order valence-electron chi connectivity index (χ4n) is 3.54. The molecule has 3 N–H and O–H groups in total. The Labute approximate surface area is 159 Å². The third-order valence-electron chi connectivity index (χ3n) is 5.01. The molecule has 26 heavy (non-hydrogen) atoms. The summed E-state index contributed by atoms with van der Waals surface area (Å²) in [4.78, 5) is 11.4. The molecule has 2 aromatic rings. The van der Waals surface area contributed by atoms with Crippen molar-refractivity contribution in [1.29, 1.82) is 0 Å². The predicted octanol–water partition coefficient (Wildman–Crippen LogP) is 5.35. The van der Waals surface area contributed by atoms with Gasteiger partial charge in [0.15, 0.2) is 0 Å². The molecule has 3 rings (SSSR count). The molecule has 0 spiro atoms. The summed E-state index contributed by atoms with van der Waals surface area (Å²) in [5.41, 5.74) is 3.20.